The Morgan fingerprint density at radius 3 is 2.78 bits per heavy atom. The smallest absolute Gasteiger partial charge is 0.270 e. The molecular weight excluding hydrogens is 234 g/mol. The molecule has 0 fully saturated rings. The van der Waals surface area contributed by atoms with Gasteiger partial charge in [-0.05, 0) is 33.8 Å². The second kappa shape index (κ2) is 5.07. The Hall–Kier alpha value is -2.05. The molecule has 0 atom stereocenters. The van der Waals surface area contributed by atoms with Crippen LogP contribution in [0.2, 0.25) is 0 Å². The third-order valence-corrected chi connectivity index (χ3v) is 2.61. The molecule has 1 heterocycles. The van der Waals surface area contributed by atoms with Crippen LogP contribution in [0.4, 0.5) is 0 Å². The lowest BCUT2D eigenvalue weighted by Crippen LogP contribution is -2.53. The molecule has 0 spiro atoms. The first-order valence-electron chi connectivity index (χ1n) is 5.66. The number of aromatic nitrogens is 2. The van der Waals surface area contributed by atoms with Crippen molar-refractivity contribution in [3.8, 4) is 0 Å². The monoisotopic (exact) mass is 253 g/mol. The summed E-state index contributed by atoms with van der Waals surface area (Å²) < 4.78 is 1.60. The largest absolute Gasteiger partial charge is 0.409 e. The normalized spacial score (nSPS) is 12.6. The van der Waals surface area contributed by atoms with Crippen LogP contribution in [-0.4, -0.2) is 32.3 Å². The summed E-state index contributed by atoms with van der Waals surface area (Å²) in [4.78, 5) is 12.1. The lowest BCUT2D eigenvalue weighted by molar-refractivity contribution is 0.0920. The van der Waals surface area contributed by atoms with Crippen molar-refractivity contribution in [1.29, 1.82) is 0 Å². The van der Waals surface area contributed by atoms with Crippen molar-refractivity contribution in [2.24, 2.45) is 10.9 Å². The topological polar surface area (TPSA) is 106 Å². The van der Waals surface area contributed by atoms with Crippen LogP contribution in [0.1, 0.15) is 37.0 Å². The van der Waals surface area contributed by atoms with Crippen molar-refractivity contribution >= 4 is 11.7 Å². The van der Waals surface area contributed by atoms with Gasteiger partial charge in [0, 0.05) is 6.54 Å². The zero-order chi connectivity index (χ0) is 13.9. The van der Waals surface area contributed by atoms with Gasteiger partial charge in [0.05, 0.1) is 11.2 Å². The van der Waals surface area contributed by atoms with E-state index >= 15 is 0 Å². The van der Waals surface area contributed by atoms with E-state index in [1.54, 1.807) is 24.6 Å². The van der Waals surface area contributed by atoms with Crippen molar-refractivity contribution in [1.82, 2.24) is 15.1 Å². The average molecular weight is 253 g/mol. The number of amides is 1. The number of amidine groups is 1. The average Bonchev–Trinajstić information content (AvgIpc) is 2.68. The molecule has 0 aliphatic heterocycles. The molecule has 100 valence electrons. The van der Waals surface area contributed by atoms with Gasteiger partial charge in [0.1, 0.15) is 5.69 Å². The Kier molecular flexibility index (Phi) is 3.95. The molecule has 0 radical (unpaired) electrons. The molecule has 1 aromatic rings. The second-order valence-corrected chi connectivity index (χ2v) is 4.55. The van der Waals surface area contributed by atoms with E-state index in [1.807, 2.05) is 13.8 Å². The fraction of sp³-hybridized carbons (Fsp3) is 0.545. The third kappa shape index (κ3) is 2.79. The molecular formula is C11H19N5O2. The van der Waals surface area contributed by atoms with E-state index in [1.165, 1.54) is 0 Å². The predicted molar refractivity (Wildman–Crippen MR) is 67.6 cm³/mol. The first kappa shape index (κ1) is 14.0. The quantitative estimate of drug-likeness (QED) is 0.314. The summed E-state index contributed by atoms with van der Waals surface area (Å²) in [5, 5.41) is 18.5. The molecule has 0 bridgehead atoms. The molecule has 1 aromatic heterocycles. The Morgan fingerprint density at radius 2 is 2.28 bits per heavy atom. The number of nitrogens with two attached hydrogens (primary N) is 1. The van der Waals surface area contributed by atoms with Crippen LogP contribution in [0.5, 0.6) is 0 Å². The third-order valence-electron chi connectivity index (χ3n) is 2.61. The number of hydrogen-bond acceptors (Lipinski definition) is 4. The van der Waals surface area contributed by atoms with E-state index in [4.69, 9.17) is 10.9 Å². The van der Waals surface area contributed by atoms with Gasteiger partial charge in [-0.3, -0.25) is 9.48 Å². The van der Waals surface area contributed by atoms with Crippen LogP contribution in [0.15, 0.2) is 11.2 Å². The molecule has 0 unspecified atom stereocenters. The van der Waals surface area contributed by atoms with Crippen LogP contribution < -0.4 is 11.1 Å². The minimum Gasteiger partial charge on any atom is -0.409 e. The summed E-state index contributed by atoms with van der Waals surface area (Å²) in [6.45, 7) is 7.62. The van der Waals surface area contributed by atoms with E-state index < -0.39 is 5.54 Å². The second-order valence-electron chi connectivity index (χ2n) is 4.55. The summed E-state index contributed by atoms with van der Waals surface area (Å²) in [5.41, 5.74) is 5.81. The van der Waals surface area contributed by atoms with Gasteiger partial charge in [-0.1, -0.05) is 5.16 Å². The number of nitrogens with zero attached hydrogens (tertiary/aromatic N) is 3. The molecule has 1 amide bonds. The summed E-state index contributed by atoms with van der Waals surface area (Å²) in [6.07, 6.45) is 0. The standard InChI is InChI=1S/C11H19N5O2/c1-5-16-8(6-7(2)14-16)9(17)13-11(3,4)10(12)15-18/h6,18H,5H2,1-4H3,(H2,12,15)(H,13,17). The van der Waals surface area contributed by atoms with Crippen LogP contribution in [-0.2, 0) is 6.54 Å². The highest BCUT2D eigenvalue weighted by Crippen LogP contribution is 2.08. The van der Waals surface area contributed by atoms with Crippen molar-refractivity contribution in [3.63, 3.8) is 0 Å². The Balaban J connectivity index is 2.95. The minimum atomic E-state index is -0.928. The van der Waals surface area contributed by atoms with Crippen molar-refractivity contribution in [2.45, 2.75) is 39.8 Å². The first-order valence-corrected chi connectivity index (χ1v) is 5.66. The molecule has 7 nitrogen and oxygen atoms in total. The number of oxime groups is 1. The minimum absolute atomic E-state index is 0.0601. The SMILES string of the molecule is CCn1nc(C)cc1C(=O)NC(C)(C)C(N)=NO. The molecule has 7 heteroatoms. The van der Waals surface area contributed by atoms with Gasteiger partial charge < -0.3 is 16.3 Å². The van der Waals surface area contributed by atoms with Crippen molar-refractivity contribution in [2.75, 3.05) is 0 Å². The molecule has 18 heavy (non-hydrogen) atoms. The number of carbonyl (C=O) groups excluding carboxylic acids is 1. The summed E-state index contributed by atoms with van der Waals surface area (Å²) >= 11 is 0. The molecule has 4 N–H and O–H groups in total. The lowest BCUT2D eigenvalue weighted by atomic mass is 10.0. The van der Waals surface area contributed by atoms with E-state index in [9.17, 15) is 4.79 Å². The van der Waals surface area contributed by atoms with Crippen LogP contribution in [0, 0.1) is 6.92 Å². The predicted octanol–water partition coefficient (Wildman–Crippen LogP) is 0.466. The van der Waals surface area contributed by atoms with Crippen LogP contribution in [0.3, 0.4) is 0 Å². The number of rotatable bonds is 4. The zero-order valence-corrected chi connectivity index (χ0v) is 11.1. The maximum atomic E-state index is 12.1. The summed E-state index contributed by atoms with van der Waals surface area (Å²) in [7, 11) is 0. The maximum absolute atomic E-state index is 12.1. The molecule has 0 saturated heterocycles. The van der Waals surface area contributed by atoms with Gasteiger partial charge in [0.25, 0.3) is 5.91 Å². The number of nitrogens with one attached hydrogen (secondary N) is 1. The summed E-state index contributed by atoms with van der Waals surface area (Å²) in [5.74, 6) is -0.371. The van der Waals surface area contributed by atoms with E-state index in [0.717, 1.165) is 5.69 Å². The van der Waals surface area contributed by atoms with Crippen molar-refractivity contribution < 1.29 is 10.0 Å². The molecule has 0 saturated carbocycles. The maximum Gasteiger partial charge on any atom is 0.270 e. The fourth-order valence-corrected chi connectivity index (χ4v) is 1.51. The van der Waals surface area contributed by atoms with Gasteiger partial charge in [-0.2, -0.15) is 5.10 Å². The van der Waals surface area contributed by atoms with Gasteiger partial charge in [0.15, 0.2) is 5.84 Å². The number of carbonyl (C=O) groups is 1. The fourth-order valence-electron chi connectivity index (χ4n) is 1.51. The highest BCUT2D eigenvalue weighted by molar-refractivity contribution is 5.98. The van der Waals surface area contributed by atoms with Crippen LogP contribution >= 0.6 is 0 Å². The summed E-state index contributed by atoms with van der Waals surface area (Å²) in [6, 6.07) is 1.70. The first-order chi connectivity index (χ1) is 8.31. The molecule has 0 aliphatic carbocycles. The molecule has 0 aromatic carbocycles. The van der Waals surface area contributed by atoms with Crippen molar-refractivity contribution in [3.05, 3.63) is 17.5 Å². The van der Waals surface area contributed by atoms with E-state index in [-0.39, 0.29) is 11.7 Å². The zero-order valence-electron chi connectivity index (χ0n) is 11.1. The number of hydrogen-bond donors (Lipinski definition) is 3. The van der Waals surface area contributed by atoms with Gasteiger partial charge in [-0.15, -0.1) is 0 Å². The highest BCUT2D eigenvalue weighted by Gasteiger charge is 2.27. The Bertz CT molecular complexity index is 476. The molecule has 0 aliphatic rings. The Labute approximate surface area is 106 Å². The molecule has 1 rings (SSSR count). The number of aryl methyl sites for hydroxylation is 2. The lowest BCUT2D eigenvalue weighted by Gasteiger charge is -2.24. The van der Waals surface area contributed by atoms with Gasteiger partial charge in [0.2, 0.25) is 0 Å². The van der Waals surface area contributed by atoms with Gasteiger partial charge >= 0.3 is 0 Å². The van der Waals surface area contributed by atoms with E-state index in [0.29, 0.717) is 12.2 Å². The Morgan fingerprint density at radius 1 is 1.67 bits per heavy atom. The highest BCUT2D eigenvalue weighted by atomic mass is 16.4. The van der Waals surface area contributed by atoms with Gasteiger partial charge in [-0.25, -0.2) is 0 Å². The van der Waals surface area contributed by atoms with E-state index in [2.05, 4.69) is 15.6 Å². The van der Waals surface area contributed by atoms with Crippen LogP contribution in [0.25, 0.3) is 0 Å².